The van der Waals surface area contributed by atoms with Crippen molar-refractivity contribution < 1.29 is 9.90 Å². The third-order valence-corrected chi connectivity index (χ3v) is 3.96. The summed E-state index contributed by atoms with van der Waals surface area (Å²) < 4.78 is 0.435. The van der Waals surface area contributed by atoms with E-state index in [-0.39, 0.29) is 21.0 Å². The molecule has 88 valence electrons. The van der Waals surface area contributed by atoms with Gasteiger partial charge in [0.15, 0.2) is 0 Å². The standard InChI is InChI=1S/C10H4BrCl2NO3/c11-5-1-3-8(7(13)6(5)12)14-2-4(9(3)15)10(16)17/h1-2H,(H,14,15)(H,16,17). The number of carboxylic acid groups (broad SMARTS) is 1. The quantitative estimate of drug-likeness (QED) is 0.785. The Morgan fingerprint density at radius 2 is 2.00 bits per heavy atom. The Morgan fingerprint density at radius 3 is 2.59 bits per heavy atom. The number of pyridine rings is 1. The third-order valence-electron chi connectivity index (χ3n) is 2.24. The molecule has 1 aromatic carbocycles. The van der Waals surface area contributed by atoms with Gasteiger partial charge >= 0.3 is 5.97 Å². The van der Waals surface area contributed by atoms with Crippen molar-refractivity contribution in [3.63, 3.8) is 0 Å². The number of carbonyl (C=O) groups is 1. The second-order valence-corrected chi connectivity index (χ2v) is 4.86. The summed E-state index contributed by atoms with van der Waals surface area (Å²) in [6.07, 6.45) is 1.10. The SMILES string of the molecule is O=C(O)c1c[nH]c2c(Cl)c(Cl)c(Br)cc2c1=O. The highest BCUT2D eigenvalue weighted by Gasteiger charge is 2.16. The molecular weight excluding hydrogens is 333 g/mol. The molecule has 17 heavy (non-hydrogen) atoms. The van der Waals surface area contributed by atoms with E-state index in [0.717, 1.165) is 6.20 Å². The van der Waals surface area contributed by atoms with Crippen LogP contribution in [0.2, 0.25) is 10.0 Å². The molecule has 0 bridgehead atoms. The van der Waals surface area contributed by atoms with Crippen LogP contribution in [-0.2, 0) is 0 Å². The van der Waals surface area contributed by atoms with E-state index in [1.165, 1.54) is 6.07 Å². The van der Waals surface area contributed by atoms with Crippen LogP contribution in [0.3, 0.4) is 0 Å². The van der Waals surface area contributed by atoms with Gasteiger partial charge in [-0.3, -0.25) is 4.79 Å². The van der Waals surface area contributed by atoms with E-state index >= 15 is 0 Å². The molecule has 0 fully saturated rings. The number of nitrogens with one attached hydrogen (secondary N) is 1. The Labute approximate surface area is 113 Å². The van der Waals surface area contributed by atoms with Gasteiger partial charge in [0.2, 0.25) is 5.43 Å². The number of aromatic nitrogens is 1. The van der Waals surface area contributed by atoms with Crippen LogP contribution in [0.5, 0.6) is 0 Å². The summed E-state index contributed by atoms with van der Waals surface area (Å²) in [6, 6.07) is 1.44. The average Bonchev–Trinajstić information content (AvgIpc) is 2.27. The maximum absolute atomic E-state index is 11.9. The second kappa shape index (κ2) is 4.33. The lowest BCUT2D eigenvalue weighted by Gasteiger charge is -2.05. The minimum Gasteiger partial charge on any atom is -0.477 e. The van der Waals surface area contributed by atoms with Crippen molar-refractivity contribution in [3.05, 3.63) is 42.6 Å². The highest BCUT2D eigenvalue weighted by atomic mass is 79.9. The lowest BCUT2D eigenvalue weighted by molar-refractivity contribution is 0.0695. The van der Waals surface area contributed by atoms with E-state index in [1.807, 2.05) is 0 Å². The van der Waals surface area contributed by atoms with Crippen molar-refractivity contribution in [2.45, 2.75) is 0 Å². The number of aromatic carboxylic acids is 1. The van der Waals surface area contributed by atoms with E-state index in [2.05, 4.69) is 20.9 Å². The Hall–Kier alpha value is -1.04. The van der Waals surface area contributed by atoms with Crippen molar-refractivity contribution >= 4 is 56.0 Å². The summed E-state index contributed by atoms with van der Waals surface area (Å²) >= 11 is 15.0. The van der Waals surface area contributed by atoms with Gasteiger partial charge < -0.3 is 10.1 Å². The van der Waals surface area contributed by atoms with Crippen molar-refractivity contribution in [2.75, 3.05) is 0 Å². The Bertz CT molecular complexity index is 696. The molecule has 7 heteroatoms. The molecule has 0 atom stereocenters. The van der Waals surface area contributed by atoms with Gasteiger partial charge in [0, 0.05) is 16.1 Å². The van der Waals surface area contributed by atoms with Crippen molar-refractivity contribution in [2.24, 2.45) is 0 Å². The lowest BCUT2D eigenvalue weighted by Crippen LogP contribution is -2.15. The minimum absolute atomic E-state index is 0.171. The Morgan fingerprint density at radius 1 is 1.35 bits per heavy atom. The smallest absolute Gasteiger partial charge is 0.341 e. The van der Waals surface area contributed by atoms with Crippen LogP contribution in [-0.4, -0.2) is 16.1 Å². The second-order valence-electron chi connectivity index (χ2n) is 3.25. The van der Waals surface area contributed by atoms with E-state index in [0.29, 0.717) is 9.99 Å². The number of hydrogen-bond acceptors (Lipinski definition) is 2. The normalized spacial score (nSPS) is 10.8. The summed E-state index contributed by atoms with van der Waals surface area (Å²) in [5.41, 5.74) is -0.636. The summed E-state index contributed by atoms with van der Waals surface area (Å²) in [7, 11) is 0. The molecule has 0 amide bonds. The first-order valence-corrected chi connectivity index (χ1v) is 5.90. The maximum Gasteiger partial charge on any atom is 0.341 e. The molecule has 0 unspecified atom stereocenters. The van der Waals surface area contributed by atoms with Crippen LogP contribution in [0.15, 0.2) is 21.5 Å². The molecular formula is C10H4BrCl2NO3. The largest absolute Gasteiger partial charge is 0.477 e. The monoisotopic (exact) mass is 335 g/mol. The first-order chi connectivity index (χ1) is 7.93. The molecule has 2 N–H and O–H groups in total. The molecule has 2 rings (SSSR count). The van der Waals surface area contributed by atoms with Crippen molar-refractivity contribution in [1.29, 1.82) is 0 Å². The van der Waals surface area contributed by atoms with Crippen LogP contribution < -0.4 is 5.43 Å². The molecule has 0 saturated carbocycles. The van der Waals surface area contributed by atoms with Crippen LogP contribution in [0, 0.1) is 0 Å². The van der Waals surface area contributed by atoms with Crippen LogP contribution in [0.1, 0.15) is 10.4 Å². The predicted molar refractivity (Wildman–Crippen MR) is 69.2 cm³/mol. The molecule has 1 heterocycles. The minimum atomic E-state index is -1.30. The highest BCUT2D eigenvalue weighted by Crippen LogP contribution is 2.34. The average molecular weight is 337 g/mol. The van der Waals surface area contributed by atoms with Crippen LogP contribution >= 0.6 is 39.1 Å². The number of carboxylic acids is 1. The summed E-state index contributed by atoms with van der Waals surface area (Å²) in [4.78, 5) is 25.3. The predicted octanol–water partition coefficient (Wildman–Crippen LogP) is 3.30. The summed E-state index contributed by atoms with van der Waals surface area (Å²) in [5, 5.41) is 9.43. The first-order valence-electron chi connectivity index (χ1n) is 4.35. The van der Waals surface area contributed by atoms with Crippen molar-refractivity contribution in [1.82, 2.24) is 4.98 Å². The number of halogens is 3. The van der Waals surface area contributed by atoms with E-state index in [9.17, 15) is 9.59 Å². The first kappa shape index (κ1) is 12.4. The fourth-order valence-electron chi connectivity index (χ4n) is 1.43. The van der Waals surface area contributed by atoms with Gasteiger partial charge in [0.25, 0.3) is 0 Å². The Balaban J connectivity index is 2.98. The third kappa shape index (κ3) is 1.94. The molecule has 0 aliphatic carbocycles. The van der Waals surface area contributed by atoms with Crippen LogP contribution in [0.4, 0.5) is 0 Å². The zero-order valence-electron chi connectivity index (χ0n) is 8.05. The van der Waals surface area contributed by atoms with Gasteiger partial charge in [-0.2, -0.15) is 0 Å². The van der Waals surface area contributed by atoms with Gasteiger partial charge in [-0.05, 0) is 22.0 Å². The van der Waals surface area contributed by atoms with Gasteiger partial charge in [0.1, 0.15) is 5.56 Å². The lowest BCUT2D eigenvalue weighted by atomic mass is 10.1. The molecule has 2 aromatic rings. The zero-order valence-corrected chi connectivity index (χ0v) is 11.2. The van der Waals surface area contributed by atoms with E-state index in [4.69, 9.17) is 28.3 Å². The fraction of sp³-hybridized carbons (Fsp3) is 0. The highest BCUT2D eigenvalue weighted by molar-refractivity contribution is 9.10. The zero-order chi connectivity index (χ0) is 12.7. The topological polar surface area (TPSA) is 70.2 Å². The van der Waals surface area contributed by atoms with E-state index < -0.39 is 11.4 Å². The van der Waals surface area contributed by atoms with Gasteiger partial charge in [-0.1, -0.05) is 23.2 Å². The molecule has 0 radical (unpaired) electrons. The number of aromatic amines is 1. The molecule has 0 spiro atoms. The van der Waals surface area contributed by atoms with Gasteiger partial charge in [0.05, 0.1) is 15.6 Å². The molecule has 4 nitrogen and oxygen atoms in total. The summed E-state index contributed by atoms with van der Waals surface area (Å²) in [5.74, 6) is -1.30. The number of rotatable bonds is 1. The maximum atomic E-state index is 11.9. The molecule has 0 aliphatic heterocycles. The van der Waals surface area contributed by atoms with Crippen LogP contribution in [0.25, 0.3) is 10.9 Å². The van der Waals surface area contributed by atoms with Crippen molar-refractivity contribution in [3.8, 4) is 0 Å². The molecule has 1 aromatic heterocycles. The van der Waals surface area contributed by atoms with Gasteiger partial charge in [-0.15, -0.1) is 0 Å². The number of hydrogen-bond donors (Lipinski definition) is 2. The fourth-order valence-corrected chi connectivity index (χ4v) is 2.38. The molecule has 0 aliphatic rings. The van der Waals surface area contributed by atoms with E-state index in [1.54, 1.807) is 0 Å². The molecule has 0 saturated heterocycles. The number of H-pyrrole nitrogens is 1. The number of benzene rings is 1. The Kier molecular flexibility index (Phi) is 3.16. The summed E-state index contributed by atoms with van der Waals surface area (Å²) in [6.45, 7) is 0. The van der Waals surface area contributed by atoms with Gasteiger partial charge in [-0.25, -0.2) is 4.79 Å². The number of fused-ring (bicyclic) bond motifs is 1.